The lowest BCUT2D eigenvalue weighted by Crippen LogP contribution is -2.15. The SMILES string of the molecule is CC(C)(O)c1cn(-c2ccc(-c3cc(C(=O)O)cc(S(C)(=O)=O)c3)cc2)c(-c2ccccc2C(F)(F)F)n1. The lowest BCUT2D eigenvalue weighted by molar-refractivity contribution is -0.137. The molecule has 1 aromatic heterocycles. The van der Waals surface area contributed by atoms with E-state index in [4.69, 9.17) is 0 Å². The molecule has 4 aromatic rings. The van der Waals surface area contributed by atoms with E-state index in [1.807, 2.05) is 0 Å². The van der Waals surface area contributed by atoms with Gasteiger partial charge in [-0.3, -0.25) is 4.57 Å². The molecule has 0 amide bonds. The Morgan fingerprint density at radius 3 is 2.13 bits per heavy atom. The number of aliphatic hydroxyl groups is 1. The predicted molar refractivity (Wildman–Crippen MR) is 135 cm³/mol. The molecule has 1 heterocycles. The van der Waals surface area contributed by atoms with Crippen LogP contribution < -0.4 is 0 Å². The summed E-state index contributed by atoms with van der Waals surface area (Å²) in [7, 11) is -3.70. The number of rotatable bonds is 6. The maximum absolute atomic E-state index is 13.8. The fourth-order valence-electron chi connectivity index (χ4n) is 3.90. The summed E-state index contributed by atoms with van der Waals surface area (Å²) in [6, 6.07) is 15.1. The van der Waals surface area contributed by atoms with E-state index in [0.717, 1.165) is 18.4 Å². The van der Waals surface area contributed by atoms with Gasteiger partial charge in [0, 0.05) is 23.7 Å². The Bertz CT molecular complexity index is 1630. The van der Waals surface area contributed by atoms with Gasteiger partial charge in [0.1, 0.15) is 11.4 Å². The molecule has 11 heteroatoms. The summed E-state index contributed by atoms with van der Waals surface area (Å²) in [5.41, 5.74) is -1.31. The van der Waals surface area contributed by atoms with Gasteiger partial charge in [0.25, 0.3) is 0 Å². The third-order valence-corrected chi connectivity index (χ3v) is 6.96. The van der Waals surface area contributed by atoms with Crippen molar-refractivity contribution in [3.05, 3.63) is 89.7 Å². The molecule has 0 spiro atoms. The van der Waals surface area contributed by atoms with E-state index in [9.17, 15) is 36.6 Å². The van der Waals surface area contributed by atoms with Crippen molar-refractivity contribution in [3.8, 4) is 28.2 Å². The summed E-state index contributed by atoms with van der Waals surface area (Å²) in [4.78, 5) is 15.7. The second kappa shape index (κ2) is 9.41. The number of aromatic carboxylic acids is 1. The molecule has 198 valence electrons. The maximum Gasteiger partial charge on any atom is 0.417 e. The van der Waals surface area contributed by atoms with E-state index in [0.29, 0.717) is 16.8 Å². The molecule has 0 saturated carbocycles. The van der Waals surface area contributed by atoms with Gasteiger partial charge in [-0.15, -0.1) is 0 Å². The molecule has 0 fully saturated rings. The summed E-state index contributed by atoms with van der Waals surface area (Å²) in [6.45, 7) is 2.94. The number of nitrogens with zero attached hydrogens (tertiary/aromatic N) is 2. The fourth-order valence-corrected chi connectivity index (χ4v) is 4.59. The van der Waals surface area contributed by atoms with E-state index in [-0.39, 0.29) is 27.5 Å². The summed E-state index contributed by atoms with van der Waals surface area (Å²) < 4.78 is 66.9. The van der Waals surface area contributed by atoms with E-state index in [1.54, 1.807) is 24.3 Å². The zero-order chi connectivity index (χ0) is 28.0. The van der Waals surface area contributed by atoms with Gasteiger partial charge in [-0.25, -0.2) is 18.2 Å². The van der Waals surface area contributed by atoms with Gasteiger partial charge in [0.05, 0.1) is 21.7 Å². The zero-order valence-electron chi connectivity index (χ0n) is 20.5. The Morgan fingerprint density at radius 2 is 1.58 bits per heavy atom. The molecule has 0 aliphatic rings. The zero-order valence-corrected chi connectivity index (χ0v) is 21.3. The number of benzene rings is 3. The molecule has 0 radical (unpaired) electrons. The third-order valence-electron chi connectivity index (χ3n) is 5.87. The minimum Gasteiger partial charge on any atom is -0.478 e. The number of aromatic nitrogens is 2. The average molecular weight is 545 g/mol. The number of carbonyl (C=O) groups is 1. The lowest BCUT2D eigenvalue weighted by Gasteiger charge is -2.14. The van der Waals surface area contributed by atoms with Crippen LogP contribution in [-0.4, -0.2) is 40.4 Å². The Morgan fingerprint density at radius 1 is 0.947 bits per heavy atom. The topological polar surface area (TPSA) is 109 Å². The molecule has 4 rings (SSSR count). The number of sulfone groups is 1. The maximum atomic E-state index is 13.8. The summed E-state index contributed by atoms with van der Waals surface area (Å²) in [5.74, 6) is -1.33. The van der Waals surface area contributed by atoms with Crippen molar-refractivity contribution in [2.45, 2.75) is 30.5 Å². The first kappa shape index (κ1) is 27.1. The predicted octanol–water partition coefficient (Wildman–Crippen LogP) is 5.55. The summed E-state index contributed by atoms with van der Waals surface area (Å²) in [6.07, 6.45) is -2.22. The number of imidazole rings is 1. The minimum absolute atomic E-state index is 0.0324. The molecule has 0 unspecified atom stereocenters. The van der Waals surface area contributed by atoms with Crippen LogP contribution in [0.5, 0.6) is 0 Å². The number of halogens is 3. The molecule has 0 bridgehead atoms. The quantitative estimate of drug-likeness (QED) is 0.329. The van der Waals surface area contributed by atoms with Crippen LogP contribution in [0.25, 0.3) is 28.2 Å². The van der Waals surface area contributed by atoms with Gasteiger partial charge in [-0.2, -0.15) is 13.2 Å². The Kier molecular flexibility index (Phi) is 6.71. The van der Waals surface area contributed by atoms with Gasteiger partial charge in [-0.05, 0) is 61.4 Å². The highest BCUT2D eigenvalue weighted by atomic mass is 32.2. The Hall–Kier alpha value is -3.96. The van der Waals surface area contributed by atoms with E-state index in [2.05, 4.69) is 4.98 Å². The Balaban J connectivity index is 1.87. The Labute approximate surface area is 216 Å². The summed E-state index contributed by atoms with van der Waals surface area (Å²) >= 11 is 0. The van der Waals surface area contributed by atoms with Crippen molar-refractivity contribution in [3.63, 3.8) is 0 Å². The standard InChI is InChI=1S/C27H23F3N2O5S/c1-26(2,35)23-15-32(24(31-23)21-6-4-5-7-22(21)27(28,29)30)19-10-8-16(9-11-19)17-12-18(25(33)34)14-20(13-17)38(3,36)37/h4-15,35H,1-3H3,(H,33,34). The van der Waals surface area contributed by atoms with Crippen LogP contribution in [0, 0.1) is 0 Å². The first-order chi connectivity index (χ1) is 17.6. The van der Waals surface area contributed by atoms with Crippen LogP contribution in [0.1, 0.15) is 35.5 Å². The lowest BCUT2D eigenvalue weighted by atomic mass is 10.0. The number of alkyl halides is 3. The van der Waals surface area contributed by atoms with Crippen molar-refractivity contribution in [1.29, 1.82) is 0 Å². The number of carboxylic acids is 1. The van der Waals surface area contributed by atoms with E-state index >= 15 is 0 Å². The van der Waals surface area contributed by atoms with Gasteiger partial charge in [0.2, 0.25) is 0 Å². The van der Waals surface area contributed by atoms with Crippen LogP contribution in [-0.2, 0) is 21.6 Å². The van der Waals surface area contributed by atoms with Gasteiger partial charge >= 0.3 is 12.1 Å². The van der Waals surface area contributed by atoms with Gasteiger partial charge in [0.15, 0.2) is 9.84 Å². The second-order valence-electron chi connectivity index (χ2n) is 9.29. The molecule has 0 aliphatic carbocycles. The van der Waals surface area contributed by atoms with Crippen LogP contribution in [0.15, 0.2) is 77.8 Å². The molecule has 0 atom stereocenters. The van der Waals surface area contributed by atoms with Crippen molar-refractivity contribution in [1.82, 2.24) is 9.55 Å². The highest BCUT2D eigenvalue weighted by molar-refractivity contribution is 7.90. The van der Waals surface area contributed by atoms with Crippen LogP contribution in [0.2, 0.25) is 0 Å². The van der Waals surface area contributed by atoms with Crippen LogP contribution in [0.3, 0.4) is 0 Å². The number of carboxylic acid groups (broad SMARTS) is 1. The van der Waals surface area contributed by atoms with E-state index < -0.39 is 33.1 Å². The highest BCUT2D eigenvalue weighted by Gasteiger charge is 2.35. The molecule has 2 N–H and O–H groups in total. The smallest absolute Gasteiger partial charge is 0.417 e. The van der Waals surface area contributed by atoms with E-state index in [1.165, 1.54) is 54.9 Å². The van der Waals surface area contributed by atoms with Crippen LogP contribution >= 0.6 is 0 Å². The van der Waals surface area contributed by atoms with Crippen molar-refractivity contribution in [2.75, 3.05) is 6.26 Å². The molecule has 7 nitrogen and oxygen atoms in total. The normalized spacial score (nSPS) is 12.5. The first-order valence-corrected chi connectivity index (χ1v) is 13.1. The van der Waals surface area contributed by atoms with Gasteiger partial charge < -0.3 is 10.2 Å². The first-order valence-electron chi connectivity index (χ1n) is 11.2. The number of hydrogen-bond acceptors (Lipinski definition) is 5. The monoisotopic (exact) mass is 544 g/mol. The van der Waals surface area contributed by atoms with Crippen molar-refractivity contribution < 1.29 is 36.6 Å². The fraction of sp³-hybridized carbons (Fsp3) is 0.185. The average Bonchev–Trinajstić information content (AvgIpc) is 3.29. The van der Waals surface area contributed by atoms with Crippen molar-refractivity contribution >= 4 is 15.8 Å². The third kappa shape index (κ3) is 5.48. The van der Waals surface area contributed by atoms with Crippen LogP contribution in [0.4, 0.5) is 13.2 Å². The van der Waals surface area contributed by atoms with Crippen molar-refractivity contribution in [2.24, 2.45) is 0 Å². The second-order valence-corrected chi connectivity index (χ2v) is 11.3. The minimum atomic E-state index is -4.64. The van der Waals surface area contributed by atoms with Gasteiger partial charge in [-0.1, -0.05) is 30.3 Å². The molecule has 0 saturated heterocycles. The largest absolute Gasteiger partial charge is 0.478 e. The molecule has 0 aliphatic heterocycles. The molecular weight excluding hydrogens is 521 g/mol. The number of hydrogen-bond donors (Lipinski definition) is 2. The molecular formula is C27H23F3N2O5S. The highest BCUT2D eigenvalue weighted by Crippen LogP contribution is 2.38. The summed E-state index contributed by atoms with van der Waals surface area (Å²) in [5, 5.41) is 19.9. The molecule has 38 heavy (non-hydrogen) atoms. The molecule has 3 aromatic carbocycles.